The molecule has 0 bridgehead atoms. The number of carbonyl (C=O) groups excluding carboxylic acids is 2. The second kappa shape index (κ2) is 10.3. The van der Waals surface area contributed by atoms with E-state index in [0.717, 1.165) is 28.3 Å². The average molecular weight is 464 g/mol. The summed E-state index contributed by atoms with van der Waals surface area (Å²) in [6.45, 7) is 8.07. The van der Waals surface area contributed by atoms with Gasteiger partial charge in [0, 0.05) is 48.0 Å². The fraction of sp³-hybridized carbons (Fsp3) is 0.346. The number of piperazine rings is 1. The van der Waals surface area contributed by atoms with Crippen LogP contribution in [0.4, 0.5) is 0 Å². The summed E-state index contributed by atoms with van der Waals surface area (Å²) < 4.78 is 5.26. The quantitative estimate of drug-likeness (QED) is 0.494. The number of carbonyl (C=O) groups is 2. The van der Waals surface area contributed by atoms with E-state index in [1.165, 1.54) is 5.56 Å². The summed E-state index contributed by atoms with van der Waals surface area (Å²) in [6, 6.07) is 15.5. The maximum atomic E-state index is 13.3. The largest absolute Gasteiger partial charge is 0.361 e. The summed E-state index contributed by atoms with van der Waals surface area (Å²) in [5.41, 5.74) is 4.57. The Morgan fingerprint density at radius 1 is 0.939 bits per heavy atom. The van der Waals surface area contributed by atoms with Crippen LogP contribution >= 0.6 is 11.8 Å². The van der Waals surface area contributed by atoms with Crippen LogP contribution in [0.3, 0.4) is 0 Å². The minimum atomic E-state index is 0.0104. The molecule has 7 heteroatoms. The lowest BCUT2D eigenvalue weighted by Crippen LogP contribution is -2.50. The van der Waals surface area contributed by atoms with Gasteiger partial charge in [-0.2, -0.15) is 0 Å². The normalized spacial score (nSPS) is 13.9. The van der Waals surface area contributed by atoms with Crippen molar-refractivity contribution < 1.29 is 14.1 Å². The first-order valence-electron chi connectivity index (χ1n) is 11.3. The highest BCUT2D eigenvalue weighted by atomic mass is 32.2. The second-order valence-electron chi connectivity index (χ2n) is 8.22. The molecule has 1 aromatic heterocycles. The van der Waals surface area contributed by atoms with Crippen molar-refractivity contribution in [2.75, 3.05) is 26.2 Å². The number of nitrogens with zero attached hydrogens (tertiary/aromatic N) is 3. The molecule has 6 nitrogen and oxygen atoms in total. The van der Waals surface area contributed by atoms with Crippen LogP contribution in [0, 0.1) is 13.8 Å². The summed E-state index contributed by atoms with van der Waals surface area (Å²) in [5.74, 6) is 1.55. The first-order chi connectivity index (χ1) is 16.0. The molecule has 33 heavy (non-hydrogen) atoms. The van der Waals surface area contributed by atoms with Gasteiger partial charge >= 0.3 is 0 Å². The zero-order valence-electron chi connectivity index (χ0n) is 19.3. The van der Waals surface area contributed by atoms with E-state index in [4.69, 9.17) is 4.52 Å². The van der Waals surface area contributed by atoms with Crippen molar-refractivity contribution in [3.63, 3.8) is 0 Å². The molecule has 1 saturated heterocycles. The molecule has 0 atom stereocenters. The lowest BCUT2D eigenvalue weighted by atomic mass is 10.1. The van der Waals surface area contributed by atoms with Crippen LogP contribution in [0.1, 0.15) is 50.2 Å². The fourth-order valence-electron chi connectivity index (χ4n) is 3.98. The van der Waals surface area contributed by atoms with E-state index in [9.17, 15) is 9.59 Å². The molecule has 0 aliphatic carbocycles. The monoisotopic (exact) mass is 463 g/mol. The molecule has 2 amide bonds. The number of amides is 2. The van der Waals surface area contributed by atoms with Crippen LogP contribution in [0.2, 0.25) is 0 Å². The summed E-state index contributed by atoms with van der Waals surface area (Å²) >= 11 is 1.62. The van der Waals surface area contributed by atoms with E-state index >= 15 is 0 Å². The molecular weight excluding hydrogens is 434 g/mol. The Balaban J connectivity index is 1.39. The van der Waals surface area contributed by atoms with Gasteiger partial charge in [-0.1, -0.05) is 36.3 Å². The molecule has 1 aliphatic heterocycles. The van der Waals surface area contributed by atoms with E-state index in [1.807, 2.05) is 72.2 Å². The van der Waals surface area contributed by atoms with Gasteiger partial charge in [0.15, 0.2) is 0 Å². The van der Waals surface area contributed by atoms with Gasteiger partial charge < -0.3 is 14.3 Å². The van der Waals surface area contributed by atoms with Gasteiger partial charge in [-0.05, 0) is 50.1 Å². The van der Waals surface area contributed by atoms with Crippen LogP contribution < -0.4 is 0 Å². The molecule has 0 spiro atoms. The van der Waals surface area contributed by atoms with Crippen molar-refractivity contribution in [2.24, 2.45) is 0 Å². The SMILES string of the molecule is CCc1ccc(C(=O)N2CCN(C(=O)c3ccccc3SCc3c(C)noc3C)CC2)cc1. The molecule has 0 radical (unpaired) electrons. The topological polar surface area (TPSA) is 66.7 Å². The minimum Gasteiger partial charge on any atom is -0.361 e. The highest BCUT2D eigenvalue weighted by Crippen LogP contribution is 2.29. The number of aryl methyl sites for hydroxylation is 3. The molecular formula is C26H29N3O3S. The maximum absolute atomic E-state index is 13.3. The summed E-state index contributed by atoms with van der Waals surface area (Å²) in [4.78, 5) is 30.8. The number of thioether (sulfide) groups is 1. The predicted molar refractivity (Wildman–Crippen MR) is 130 cm³/mol. The fourth-order valence-corrected chi connectivity index (χ4v) is 5.17. The first-order valence-corrected chi connectivity index (χ1v) is 12.3. The Kier molecular flexibility index (Phi) is 7.18. The third kappa shape index (κ3) is 5.14. The van der Waals surface area contributed by atoms with Crippen LogP contribution in [0.25, 0.3) is 0 Å². The van der Waals surface area contributed by atoms with Gasteiger partial charge in [-0.3, -0.25) is 9.59 Å². The molecule has 4 rings (SSSR count). The van der Waals surface area contributed by atoms with Gasteiger partial charge in [-0.15, -0.1) is 11.8 Å². The van der Waals surface area contributed by atoms with E-state index in [1.54, 1.807) is 11.8 Å². The van der Waals surface area contributed by atoms with E-state index in [-0.39, 0.29) is 11.8 Å². The Bertz CT molecular complexity index is 1110. The van der Waals surface area contributed by atoms with Crippen molar-refractivity contribution in [1.82, 2.24) is 15.0 Å². The number of rotatable bonds is 6. The third-order valence-corrected chi connectivity index (χ3v) is 7.23. The van der Waals surface area contributed by atoms with Crippen molar-refractivity contribution in [2.45, 2.75) is 37.8 Å². The van der Waals surface area contributed by atoms with Crippen molar-refractivity contribution in [3.05, 3.63) is 82.2 Å². The number of benzene rings is 2. The molecule has 0 unspecified atom stereocenters. The summed E-state index contributed by atoms with van der Waals surface area (Å²) in [6.07, 6.45) is 0.952. The Morgan fingerprint density at radius 2 is 1.58 bits per heavy atom. The molecule has 2 heterocycles. The molecule has 1 fully saturated rings. The summed E-state index contributed by atoms with van der Waals surface area (Å²) in [7, 11) is 0. The van der Waals surface area contributed by atoms with Gasteiger partial charge in [-0.25, -0.2) is 0 Å². The minimum absolute atomic E-state index is 0.0104. The van der Waals surface area contributed by atoms with Gasteiger partial charge in [0.25, 0.3) is 11.8 Å². The molecule has 0 saturated carbocycles. The third-order valence-electron chi connectivity index (χ3n) is 6.13. The zero-order valence-corrected chi connectivity index (χ0v) is 20.2. The second-order valence-corrected chi connectivity index (χ2v) is 9.24. The molecule has 1 aliphatic rings. The molecule has 0 N–H and O–H groups in total. The van der Waals surface area contributed by atoms with Gasteiger partial charge in [0.05, 0.1) is 11.3 Å². The van der Waals surface area contributed by atoms with E-state index in [0.29, 0.717) is 43.1 Å². The van der Waals surface area contributed by atoms with Crippen molar-refractivity contribution in [1.29, 1.82) is 0 Å². The number of hydrogen-bond acceptors (Lipinski definition) is 5. The highest BCUT2D eigenvalue weighted by Gasteiger charge is 2.26. The Labute approximate surface area is 198 Å². The standard InChI is InChI=1S/C26H29N3O3S/c1-4-20-9-11-21(12-10-20)25(30)28-13-15-29(16-14-28)26(31)22-7-5-6-8-24(22)33-17-23-18(2)27-32-19(23)3/h5-12H,4,13-17H2,1-3H3. The average Bonchev–Trinajstić information content (AvgIpc) is 3.19. The molecule has 3 aromatic rings. The zero-order chi connectivity index (χ0) is 23.4. The van der Waals surface area contributed by atoms with Crippen LogP contribution in [-0.2, 0) is 12.2 Å². The van der Waals surface area contributed by atoms with Crippen LogP contribution in [0.15, 0.2) is 57.9 Å². The predicted octanol–water partition coefficient (Wildman–Crippen LogP) is 4.74. The maximum Gasteiger partial charge on any atom is 0.255 e. The van der Waals surface area contributed by atoms with Gasteiger partial charge in [0.1, 0.15) is 5.76 Å². The van der Waals surface area contributed by atoms with Crippen LogP contribution in [0.5, 0.6) is 0 Å². The van der Waals surface area contributed by atoms with Gasteiger partial charge in [0.2, 0.25) is 0 Å². The molecule has 2 aromatic carbocycles. The smallest absolute Gasteiger partial charge is 0.255 e. The van der Waals surface area contributed by atoms with Crippen LogP contribution in [-0.4, -0.2) is 52.9 Å². The number of aromatic nitrogens is 1. The lowest BCUT2D eigenvalue weighted by molar-refractivity contribution is 0.0533. The lowest BCUT2D eigenvalue weighted by Gasteiger charge is -2.35. The number of hydrogen-bond donors (Lipinski definition) is 0. The summed E-state index contributed by atoms with van der Waals surface area (Å²) in [5, 5.41) is 4.02. The Morgan fingerprint density at radius 3 is 2.18 bits per heavy atom. The van der Waals surface area contributed by atoms with Crippen molar-refractivity contribution in [3.8, 4) is 0 Å². The first kappa shape index (κ1) is 23.1. The van der Waals surface area contributed by atoms with E-state index < -0.39 is 0 Å². The van der Waals surface area contributed by atoms with E-state index in [2.05, 4.69) is 12.1 Å². The molecule has 172 valence electrons. The highest BCUT2D eigenvalue weighted by molar-refractivity contribution is 7.98. The van der Waals surface area contributed by atoms with Crippen molar-refractivity contribution >= 4 is 23.6 Å². The Hall–Kier alpha value is -3.06.